The van der Waals surface area contributed by atoms with Crippen LogP contribution in [-0.2, 0) is 16.6 Å². The third-order valence-corrected chi connectivity index (χ3v) is 6.38. The van der Waals surface area contributed by atoms with E-state index in [1.165, 1.54) is 28.6 Å². The first-order chi connectivity index (χ1) is 12.4. The van der Waals surface area contributed by atoms with Crippen molar-refractivity contribution >= 4 is 33.2 Å². The molecule has 2 aromatic rings. The summed E-state index contributed by atoms with van der Waals surface area (Å²) in [4.78, 5) is 12.3. The number of benzene rings is 2. The van der Waals surface area contributed by atoms with Gasteiger partial charge in [0.15, 0.2) is 0 Å². The third kappa shape index (κ3) is 4.16. The molecule has 0 atom stereocenters. The number of nitrogens with zero attached hydrogens (tertiary/aromatic N) is 1. The summed E-state index contributed by atoms with van der Waals surface area (Å²) in [5.41, 5.74) is 1.48. The Morgan fingerprint density at radius 3 is 2.54 bits per heavy atom. The molecule has 8 heteroatoms. The number of nitrogens with one attached hydrogen (secondary N) is 1. The Labute approximate surface area is 156 Å². The van der Waals surface area contributed by atoms with Crippen LogP contribution in [0.4, 0.5) is 10.1 Å². The minimum atomic E-state index is -3.33. The standard InChI is InChI=1S/C18H18ClFN2O3S/c19-17-11-15(22-9-1-2-10-26(22,24)25)7-8-16(17)18(23)21-12-13-3-5-14(20)6-4-13/h3-8,11H,1-2,9-10,12H2,(H,21,23). The average molecular weight is 397 g/mol. The van der Waals surface area contributed by atoms with Crippen molar-refractivity contribution in [1.82, 2.24) is 5.32 Å². The second-order valence-corrected chi connectivity index (χ2v) is 8.49. The minimum absolute atomic E-state index is 0.116. The van der Waals surface area contributed by atoms with E-state index in [2.05, 4.69) is 5.32 Å². The lowest BCUT2D eigenvalue weighted by atomic mass is 10.1. The second-order valence-electron chi connectivity index (χ2n) is 6.07. The highest BCUT2D eigenvalue weighted by molar-refractivity contribution is 7.92. The van der Waals surface area contributed by atoms with E-state index in [1.54, 1.807) is 18.2 Å². The molecule has 2 aromatic carbocycles. The van der Waals surface area contributed by atoms with Gasteiger partial charge in [0, 0.05) is 13.1 Å². The summed E-state index contributed by atoms with van der Waals surface area (Å²) < 4.78 is 38.6. The number of anilines is 1. The van der Waals surface area contributed by atoms with Crippen molar-refractivity contribution in [3.63, 3.8) is 0 Å². The number of sulfonamides is 1. The summed E-state index contributed by atoms with van der Waals surface area (Å²) in [6, 6.07) is 10.4. The molecule has 138 valence electrons. The van der Waals surface area contributed by atoms with Crippen molar-refractivity contribution in [3.05, 3.63) is 64.4 Å². The fraction of sp³-hybridized carbons (Fsp3) is 0.278. The first-order valence-electron chi connectivity index (χ1n) is 8.19. The van der Waals surface area contributed by atoms with Gasteiger partial charge in [-0.05, 0) is 48.7 Å². The fourth-order valence-corrected chi connectivity index (χ4v) is 4.69. The topological polar surface area (TPSA) is 66.5 Å². The molecule has 1 saturated heterocycles. The molecule has 0 radical (unpaired) electrons. The summed E-state index contributed by atoms with van der Waals surface area (Å²) in [7, 11) is -3.33. The molecule has 0 aromatic heterocycles. The highest BCUT2D eigenvalue weighted by Gasteiger charge is 2.26. The van der Waals surface area contributed by atoms with Crippen LogP contribution < -0.4 is 9.62 Å². The predicted molar refractivity (Wildman–Crippen MR) is 99.4 cm³/mol. The number of rotatable bonds is 4. The number of carbonyl (C=O) groups is 1. The van der Waals surface area contributed by atoms with E-state index in [0.717, 1.165) is 12.0 Å². The first-order valence-corrected chi connectivity index (χ1v) is 10.2. The summed E-state index contributed by atoms with van der Waals surface area (Å²) in [6.07, 6.45) is 1.44. The van der Waals surface area contributed by atoms with Crippen LogP contribution in [0.2, 0.25) is 5.02 Å². The van der Waals surface area contributed by atoms with Gasteiger partial charge in [0.2, 0.25) is 10.0 Å². The Balaban J connectivity index is 1.72. The van der Waals surface area contributed by atoms with Gasteiger partial charge in [-0.3, -0.25) is 9.10 Å². The second kappa shape index (κ2) is 7.63. The van der Waals surface area contributed by atoms with E-state index in [4.69, 9.17) is 11.6 Å². The van der Waals surface area contributed by atoms with Crippen LogP contribution >= 0.6 is 11.6 Å². The van der Waals surface area contributed by atoms with E-state index in [-0.39, 0.29) is 34.6 Å². The van der Waals surface area contributed by atoms with Gasteiger partial charge in [0.1, 0.15) is 5.82 Å². The van der Waals surface area contributed by atoms with Gasteiger partial charge in [0.25, 0.3) is 5.91 Å². The Morgan fingerprint density at radius 1 is 1.15 bits per heavy atom. The Morgan fingerprint density at radius 2 is 1.88 bits per heavy atom. The Kier molecular flexibility index (Phi) is 5.48. The first kappa shape index (κ1) is 18.7. The molecule has 1 aliphatic heterocycles. The van der Waals surface area contributed by atoms with Crippen molar-refractivity contribution in [2.45, 2.75) is 19.4 Å². The van der Waals surface area contributed by atoms with Gasteiger partial charge < -0.3 is 5.32 Å². The zero-order chi connectivity index (χ0) is 18.7. The molecular formula is C18H18ClFN2O3S. The normalized spacial score (nSPS) is 16.3. The molecule has 3 rings (SSSR count). The molecule has 1 fully saturated rings. The van der Waals surface area contributed by atoms with Gasteiger partial charge in [-0.1, -0.05) is 23.7 Å². The molecule has 0 spiro atoms. The van der Waals surface area contributed by atoms with Crippen LogP contribution in [0.25, 0.3) is 0 Å². The van der Waals surface area contributed by atoms with Gasteiger partial charge in [-0.25, -0.2) is 12.8 Å². The van der Waals surface area contributed by atoms with Crippen LogP contribution in [0.15, 0.2) is 42.5 Å². The van der Waals surface area contributed by atoms with Gasteiger partial charge >= 0.3 is 0 Å². The smallest absolute Gasteiger partial charge is 0.253 e. The quantitative estimate of drug-likeness (QED) is 0.861. The molecule has 26 heavy (non-hydrogen) atoms. The van der Waals surface area contributed by atoms with Crippen LogP contribution in [0.5, 0.6) is 0 Å². The van der Waals surface area contributed by atoms with Crippen molar-refractivity contribution in [2.75, 3.05) is 16.6 Å². The zero-order valence-electron chi connectivity index (χ0n) is 13.9. The maximum atomic E-state index is 12.9. The van der Waals surface area contributed by atoms with E-state index in [0.29, 0.717) is 18.7 Å². The number of carbonyl (C=O) groups excluding carboxylic acids is 1. The molecule has 5 nitrogen and oxygen atoms in total. The molecule has 0 saturated carbocycles. The molecule has 0 unspecified atom stereocenters. The largest absolute Gasteiger partial charge is 0.348 e. The number of halogens is 2. The SMILES string of the molecule is O=C(NCc1ccc(F)cc1)c1ccc(N2CCCCS2(=O)=O)cc1Cl. The van der Waals surface area contributed by atoms with Crippen LogP contribution in [0, 0.1) is 5.82 Å². The van der Waals surface area contributed by atoms with Crippen LogP contribution in [0.1, 0.15) is 28.8 Å². The molecule has 1 aliphatic rings. The monoisotopic (exact) mass is 396 g/mol. The summed E-state index contributed by atoms with van der Waals surface area (Å²) >= 11 is 6.21. The molecule has 1 amide bonds. The Hall–Kier alpha value is -2.12. The fourth-order valence-electron chi connectivity index (χ4n) is 2.80. The maximum Gasteiger partial charge on any atom is 0.253 e. The Bertz CT molecular complexity index is 917. The van der Waals surface area contributed by atoms with Gasteiger partial charge in [0.05, 0.1) is 22.0 Å². The molecule has 1 heterocycles. The van der Waals surface area contributed by atoms with Crippen molar-refractivity contribution < 1.29 is 17.6 Å². The number of hydrogen-bond acceptors (Lipinski definition) is 3. The molecule has 0 aliphatic carbocycles. The van der Waals surface area contributed by atoms with Crippen LogP contribution in [-0.4, -0.2) is 26.6 Å². The number of amides is 1. The van der Waals surface area contributed by atoms with Crippen molar-refractivity contribution in [3.8, 4) is 0 Å². The summed E-state index contributed by atoms with van der Waals surface area (Å²) in [5.74, 6) is -0.608. The predicted octanol–water partition coefficient (Wildman–Crippen LogP) is 3.34. The van der Waals surface area contributed by atoms with Crippen molar-refractivity contribution in [2.24, 2.45) is 0 Å². The van der Waals surface area contributed by atoms with E-state index < -0.39 is 10.0 Å². The minimum Gasteiger partial charge on any atom is -0.348 e. The van der Waals surface area contributed by atoms with E-state index in [9.17, 15) is 17.6 Å². The zero-order valence-corrected chi connectivity index (χ0v) is 15.5. The van der Waals surface area contributed by atoms with Gasteiger partial charge in [-0.15, -0.1) is 0 Å². The summed E-state index contributed by atoms with van der Waals surface area (Å²) in [5, 5.41) is 2.89. The van der Waals surface area contributed by atoms with Crippen LogP contribution in [0.3, 0.4) is 0 Å². The summed E-state index contributed by atoms with van der Waals surface area (Å²) in [6.45, 7) is 0.645. The molecule has 1 N–H and O–H groups in total. The lowest BCUT2D eigenvalue weighted by Crippen LogP contribution is -2.37. The number of hydrogen-bond donors (Lipinski definition) is 1. The van der Waals surface area contributed by atoms with Crippen molar-refractivity contribution in [1.29, 1.82) is 0 Å². The highest BCUT2D eigenvalue weighted by Crippen LogP contribution is 2.28. The molecule has 0 bridgehead atoms. The highest BCUT2D eigenvalue weighted by atomic mass is 35.5. The van der Waals surface area contributed by atoms with E-state index >= 15 is 0 Å². The lowest BCUT2D eigenvalue weighted by Gasteiger charge is -2.28. The maximum absolute atomic E-state index is 12.9. The third-order valence-electron chi connectivity index (χ3n) is 4.20. The lowest BCUT2D eigenvalue weighted by molar-refractivity contribution is 0.0951. The van der Waals surface area contributed by atoms with E-state index in [1.807, 2.05) is 0 Å². The van der Waals surface area contributed by atoms with Gasteiger partial charge in [-0.2, -0.15) is 0 Å². The average Bonchev–Trinajstić information content (AvgIpc) is 2.60. The molecular weight excluding hydrogens is 379 g/mol.